The van der Waals surface area contributed by atoms with Gasteiger partial charge in [-0.25, -0.2) is 0 Å². The van der Waals surface area contributed by atoms with Crippen LogP contribution in [0.2, 0.25) is 0 Å². The van der Waals surface area contributed by atoms with Gasteiger partial charge >= 0.3 is 0 Å². The SMILES string of the molecule is COc1ccc(OC)c(CCNc2ccc3nnc(-c4ccccc4)n3n2)c1. The monoisotopic (exact) mass is 375 g/mol. The zero-order chi connectivity index (χ0) is 19.3. The first-order valence-electron chi connectivity index (χ1n) is 9.01. The van der Waals surface area contributed by atoms with E-state index in [9.17, 15) is 0 Å². The molecule has 4 aromatic rings. The quantitative estimate of drug-likeness (QED) is 0.533. The number of nitrogens with zero attached hydrogens (tertiary/aromatic N) is 4. The summed E-state index contributed by atoms with van der Waals surface area (Å²) in [5.41, 5.74) is 2.75. The standard InChI is InChI=1S/C21H21N5O2/c1-27-17-8-9-18(28-2)16(14-17)12-13-22-19-10-11-20-23-24-21(26(20)25-19)15-6-4-3-5-7-15/h3-11,14H,12-13H2,1-2H3,(H,22,25). The normalized spacial score (nSPS) is 10.8. The highest BCUT2D eigenvalue weighted by atomic mass is 16.5. The molecule has 0 saturated heterocycles. The Morgan fingerprint density at radius 2 is 1.79 bits per heavy atom. The molecule has 0 aliphatic heterocycles. The van der Waals surface area contributed by atoms with Crippen LogP contribution in [0.3, 0.4) is 0 Å². The molecular formula is C21H21N5O2. The molecule has 0 aliphatic carbocycles. The predicted octanol–water partition coefficient (Wildman–Crippen LogP) is 3.46. The molecular weight excluding hydrogens is 354 g/mol. The van der Waals surface area contributed by atoms with Gasteiger partial charge in [-0.15, -0.1) is 15.3 Å². The highest BCUT2D eigenvalue weighted by Crippen LogP contribution is 2.24. The molecule has 142 valence electrons. The molecule has 7 nitrogen and oxygen atoms in total. The molecule has 0 radical (unpaired) electrons. The Kier molecular flexibility index (Phi) is 5.05. The number of ether oxygens (including phenoxy) is 2. The molecule has 4 rings (SSSR count). The van der Waals surface area contributed by atoms with Gasteiger partial charge in [-0.05, 0) is 42.3 Å². The number of fused-ring (bicyclic) bond motifs is 1. The minimum Gasteiger partial charge on any atom is -0.497 e. The van der Waals surface area contributed by atoms with Gasteiger partial charge in [0.1, 0.15) is 17.3 Å². The predicted molar refractivity (Wildman–Crippen MR) is 108 cm³/mol. The van der Waals surface area contributed by atoms with Gasteiger partial charge in [0.25, 0.3) is 0 Å². The summed E-state index contributed by atoms with van der Waals surface area (Å²) in [5.74, 6) is 3.13. The highest BCUT2D eigenvalue weighted by Gasteiger charge is 2.10. The summed E-state index contributed by atoms with van der Waals surface area (Å²) in [4.78, 5) is 0. The molecule has 0 fully saturated rings. The lowest BCUT2D eigenvalue weighted by molar-refractivity contribution is 0.399. The number of rotatable bonds is 7. The summed E-state index contributed by atoms with van der Waals surface area (Å²) in [6.45, 7) is 0.699. The van der Waals surface area contributed by atoms with E-state index >= 15 is 0 Å². The first-order valence-corrected chi connectivity index (χ1v) is 9.01. The molecule has 0 amide bonds. The Morgan fingerprint density at radius 1 is 0.929 bits per heavy atom. The number of hydrogen-bond donors (Lipinski definition) is 1. The maximum atomic E-state index is 5.44. The lowest BCUT2D eigenvalue weighted by atomic mass is 10.1. The fourth-order valence-electron chi connectivity index (χ4n) is 3.05. The topological polar surface area (TPSA) is 73.6 Å². The molecule has 28 heavy (non-hydrogen) atoms. The lowest BCUT2D eigenvalue weighted by Gasteiger charge is -2.11. The maximum Gasteiger partial charge on any atom is 0.185 e. The fraction of sp³-hybridized carbons (Fsp3) is 0.190. The average molecular weight is 375 g/mol. The van der Waals surface area contributed by atoms with Crippen LogP contribution in [-0.4, -0.2) is 40.6 Å². The zero-order valence-corrected chi connectivity index (χ0v) is 15.8. The van der Waals surface area contributed by atoms with Crippen molar-refractivity contribution in [1.82, 2.24) is 19.8 Å². The Labute approximate surface area is 162 Å². The smallest absolute Gasteiger partial charge is 0.185 e. The minimum atomic E-state index is 0.699. The minimum absolute atomic E-state index is 0.699. The Morgan fingerprint density at radius 3 is 2.57 bits per heavy atom. The van der Waals surface area contributed by atoms with E-state index in [4.69, 9.17) is 9.47 Å². The van der Waals surface area contributed by atoms with Gasteiger partial charge in [0, 0.05) is 12.1 Å². The van der Waals surface area contributed by atoms with E-state index in [1.54, 1.807) is 18.7 Å². The van der Waals surface area contributed by atoms with Crippen molar-refractivity contribution >= 4 is 11.5 Å². The van der Waals surface area contributed by atoms with Crippen molar-refractivity contribution < 1.29 is 9.47 Å². The largest absolute Gasteiger partial charge is 0.497 e. The Balaban J connectivity index is 1.52. The van der Waals surface area contributed by atoms with E-state index in [1.807, 2.05) is 60.7 Å². The summed E-state index contributed by atoms with van der Waals surface area (Å²) >= 11 is 0. The maximum absolute atomic E-state index is 5.44. The van der Waals surface area contributed by atoms with Gasteiger partial charge in [-0.1, -0.05) is 30.3 Å². The molecule has 0 bridgehead atoms. The van der Waals surface area contributed by atoms with Crippen molar-refractivity contribution in [1.29, 1.82) is 0 Å². The second-order valence-corrected chi connectivity index (χ2v) is 6.23. The van der Waals surface area contributed by atoms with Crippen molar-refractivity contribution in [3.05, 3.63) is 66.2 Å². The first kappa shape index (κ1) is 17.8. The van der Waals surface area contributed by atoms with Crippen LogP contribution in [0.1, 0.15) is 5.56 Å². The number of benzene rings is 2. The van der Waals surface area contributed by atoms with E-state index in [1.165, 1.54) is 0 Å². The summed E-state index contributed by atoms with van der Waals surface area (Å²) in [7, 11) is 3.33. The molecule has 0 spiro atoms. The molecule has 7 heteroatoms. The van der Waals surface area contributed by atoms with Crippen molar-refractivity contribution in [2.45, 2.75) is 6.42 Å². The van der Waals surface area contributed by atoms with Crippen molar-refractivity contribution in [2.24, 2.45) is 0 Å². The van der Waals surface area contributed by atoms with Crippen LogP contribution in [0, 0.1) is 0 Å². The van der Waals surface area contributed by atoms with E-state index in [0.717, 1.165) is 34.9 Å². The van der Waals surface area contributed by atoms with E-state index in [2.05, 4.69) is 20.6 Å². The highest BCUT2D eigenvalue weighted by molar-refractivity contribution is 5.59. The number of nitrogens with one attached hydrogen (secondary N) is 1. The second-order valence-electron chi connectivity index (χ2n) is 6.23. The zero-order valence-electron chi connectivity index (χ0n) is 15.8. The van der Waals surface area contributed by atoms with E-state index in [-0.39, 0.29) is 0 Å². The number of hydrogen-bond acceptors (Lipinski definition) is 6. The van der Waals surface area contributed by atoms with Crippen LogP contribution >= 0.6 is 0 Å². The summed E-state index contributed by atoms with van der Waals surface area (Å²) in [6, 6.07) is 19.5. The van der Waals surface area contributed by atoms with Gasteiger partial charge < -0.3 is 14.8 Å². The van der Waals surface area contributed by atoms with Crippen LogP contribution in [0.5, 0.6) is 11.5 Å². The molecule has 1 N–H and O–H groups in total. The molecule has 0 saturated carbocycles. The van der Waals surface area contributed by atoms with Gasteiger partial charge in [-0.2, -0.15) is 4.52 Å². The second kappa shape index (κ2) is 7.96. The molecule has 0 atom stereocenters. The number of aromatic nitrogens is 4. The van der Waals surface area contributed by atoms with E-state index < -0.39 is 0 Å². The number of methoxy groups -OCH3 is 2. The molecule has 0 aliphatic rings. The lowest BCUT2D eigenvalue weighted by Crippen LogP contribution is -2.09. The van der Waals surface area contributed by atoms with Gasteiger partial charge in [0.2, 0.25) is 0 Å². The van der Waals surface area contributed by atoms with Crippen molar-refractivity contribution in [2.75, 3.05) is 26.1 Å². The van der Waals surface area contributed by atoms with Gasteiger partial charge in [0.05, 0.1) is 14.2 Å². The third-order valence-corrected chi connectivity index (χ3v) is 4.48. The van der Waals surface area contributed by atoms with Crippen LogP contribution in [0.15, 0.2) is 60.7 Å². The molecule has 2 aromatic heterocycles. The fourth-order valence-corrected chi connectivity index (χ4v) is 3.05. The van der Waals surface area contributed by atoms with Crippen LogP contribution in [0.4, 0.5) is 5.82 Å². The molecule has 2 aromatic carbocycles. The van der Waals surface area contributed by atoms with Crippen molar-refractivity contribution in [3.63, 3.8) is 0 Å². The van der Waals surface area contributed by atoms with Gasteiger partial charge in [0.15, 0.2) is 11.5 Å². The average Bonchev–Trinajstić information content (AvgIpc) is 3.17. The third kappa shape index (κ3) is 3.59. The van der Waals surface area contributed by atoms with E-state index in [0.29, 0.717) is 18.0 Å². The summed E-state index contributed by atoms with van der Waals surface area (Å²) in [6.07, 6.45) is 0.772. The van der Waals surface area contributed by atoms with Crippen LogP contribution in [-0.2, 0) is 6.42 Å². The third-order valence-electron chi connectivity index (χ3n) is 4.48. The van der Waals surface area contributed by atoms with Crippen LogP contribution < -0.4 is 14.8 Å². The number of anilines is 1. The van der Waals surface area contributed by atoms with Crippen molar-refractivity contribution in [3.8, 4) is 22.9 Å². The summed E-state index contributed by atoms with van der Waals surface area (Å²) < 4.78 is 12.5. The van der Waals surface area contributed by atoms with Gasteiger partial charge in [-0.3, -0.25) is 0 Å². The molecule has 2 heterocycles. The summed E-state index contributed by atoms with van der Waals surface area (Å²) in [5, 5.41) is 16.5. The van der Waals surface area contributed by atoms with Crippen LogP contribution in [0.25, 0.3) is 17.0 Å². The Hall–Kier alpha value is -3.61. The Bertz CT molecular complexity index is 1080. The first-order chi connectivity index (χ1) is 13.8. The molecule has 0 unspecified atom stereocenters.